The van der Waals surface area contributed by atoms with Gasteiger partial charge in [0.1, 0.15) is 0 Å². The summed E-state index contributed by atoms with van der Waals surface area (Å²) in [6.07, 6.45) is 14.8. The summed E-state index contributed by atoms with van der Waals surface area (Å²) in [6, 6.07) is 0.238. The van der Waals surface area contributed by atoms with Gasteiger partial charge in [-0.2, -0.15) is 0 Å². The number of nitrogens with two attached hydrogens (primary N) is 1. The molecule has 0 saturated heterocycles. The first-order chi connectivity index (χ1) is 9.58. The number of rotatable bonds is 14. The molecule has 0 aromatic heterocycles. The van der Waals surface area contributed by atoms with Crippen LogP contribution in [0.3, 0.4) is 0 Å². The molecule has 1 unspecified atom stereocenters. The lowest BCUT2D eigenvalue weighted by Gasteiger charge is -2.32. The summed E-state index contributed by atoms with van der Waals surface area (Å²) in [4.78, 5) is 0. The highest BCUT2D eigenvalue weighted by Crippen LogP contribution is 2.19. The molecule has 0 aliphatic heterocycles. The summed E-state index contributed by atoms with van der Waals surface area (Å²) in [7, 11) is 1.75. The van der Waals surface area contributed by atoms with Crippen molar-refractivity contribution in [1.29, 1.82) is 0 Å². The largest absolute Gasteiger partial charge is 0.377 e. The summed E-state index contributed by atoms with van der Waals surface area (Å²) >= 11 is 0. The second-order valence-corrected chi connectivity index (χ2v) is 6.50. The van der Waals surface area contributed by atoms with Crippen LogP contribution in [0.5, 0.6) is 0 Å². The molecular formula is C17H38N2O. The van der Waals surface area contributed by atoms with Gasteiger partial charge >= 0.3 is 0 Å². The molecule has 0 aliphatic carbocycles. The van der Waals surface area contributed by atoms with Gasteiger partial charge in [0.15, 0.2) is 0 Å². The van der Waals surface area contributed by atoms with Crippen molar-refractivity contribution in [1.82, 2.24) is 5.43 Å². The van der Waals surface area contributed by atoms with Crippen LogP contribution in [0.15, 0.2) is 0 Å². The molecule has 3 heteroatoms. The Labute approximate surface area is 127 Å². The number of ether oxygens (including phenoxy) is 1. The second-order valence-electron chi connectivity index (χ2n) is 6.50. The normalized spacial score (nSPS) is 13.7. The lowest BCUT2D eigenvalue weighted by Crippen LogP contribution is -2.50. The molecule has 0 rings (SSSR count). The zero-order valence-electron chi connectivity index (χ0n) is 14.3. The average molecular weight is 287 g/mol. The first-order valence-corrected chi connectivity index (χ1v) is 8.59. The SMILES string of the molecule is CCCCCCCCCCCCC(NN)C(C)(C)OC. The van der Waals surface area contributed by atoms with Crippen LogP contribution >= 0.6 is 0 Å². The summed E-state index contributed by atoms with van der Waals surface area (Å²) in [6.45, 7) is 6.45. The fourth-order valence-electron chi connectivity index (χ4n) is 2.61. The monoisotopic (exact) mass is 286 g/mol. The van der Waals surface area contributed by atoms with Crippen molar-refractivity contribution in [2.75, 3.05) is 7.11 Å². The Morgan fingerprint density at radius 3 is 1.75 bits per heavy atom. The molecular weight excluding hydrogens is 248 g/mol. The first kappa shape index (κ1) is 19.9. The van der Waals surface area contributed by atoms with Crippen molar-refractivity contribution >= 4 is 0 Å². The number of unbranched alkanes of at least 4 members (excludes halogenated alkanes) is 9. The Morgan fingerprint density at radius 1 is 0.900 bits per heavy atom. The number of hydrogen-bond donors (Lipinski definition) is 2. The molecule has 0 aromatic rings. The molecule has 3 N–H and O–H groups in total. The van der Waals surface area contributed by atoms with E-state index in [1.165, 1.54) is 64.2 Å². The molecule has 0 fully saturated rings. The third-order valence-corrected chi connectivity index (χ3v) is 4.41. The van der Waals surface area contributed by atoms with Crippen molar-refractivity contribution in [2.24, 2.45) is 5.84 Å². The van der Waals surface area contributed by atoms with Crippen LogP contribution < -0.4 is 11.3 Å². The summed E-state index contributed by atoms with van der Waals surface area (Å²) < 4.78 is 5.49. The molecule has 0 spiro atoms. The smallest absolute Gasteiger partial charge is 0.0788 e. The summed E-state index contributed by atoms with van der Waals surface area (Å²) in [5, 5.41) is 0. The minimum Gasteiger partial charge on any atom is -0.377 e. The highest BCUT2D eigenvalue weighted by Gasteiger charge is 2.27. The number of hydrazine groups is 1. The van der Waals surface area contributed by atoms with Crippen LogP contribution in [0.4, 0.5) is 0 Å². The van der Waals surface area contributed by atoms with Crippen LogP contribution in [0, 0.1) is 0 Å². The topological polar surface area (TPSA) is 47.3 Å². The maximum atomic E-state index is 5.62. The van der Waals surface area contributed by atoms with E-state index in [1.54, 1.807) is 7.11 Å². The number of methoxy groups -OCH3 is 1. The quantitative estimate of drug-likeness (QED) is 0.280. The lowest BCUT2D eigenvalue weighted by molar-refractivity contribution is -0.0132. The van der Waals surface area contributed by atoms with E-state index in [4.69, 9.17) is 10.6 Å². The van der Waals surface area contributed by atoms with Crippen molar-refractivity contribution in [3.05, 3.63) is 0 Å². The van der Waals surface area contributed by atoms with Gasteiger partial charge in [0, 0.05) is 13.2 Å². The van der Waals surface area contributed by atoms with Gasteiger partial charge in [-0.3, -0.25) is 11.3 Å². The van der Waals surface area contributed by atoms with Gasteiger partial charge in [-0.25, -0.2) is 0 Å². The second kappa shape index (κ2) is 12.6. The predicted molar refractivity (Wildman–Crippen MR) is 88.7 cm³/mol. The Hall–Kier alpha value is -0.120. The molecule has 1 atom stereocenters. The summed E-state index contributed by atoms with van der Waals surface area (Å²) in [5.74, 6) is 5.62. The van der Waals surface area contributed by atoms with Crippen molar-refractivity contribution in [2.45, 2.75) is 103 Å². The van der Waals surface area contributed by atoms with Crippen molar-refractivity contribution < 1.29 is 4.74 Å². The zero-order valence-corrected chi connectivity index (χ0v) is 14.3. The average Bonchev–Trinajstić information content (AvgIpc) is 2.44. The molecule has 3 nitrogen and oxygen atoms in total. The number of nitrogens with one attached hydrogen (secondary N) is 1. The molecule has 0 aromatic carbocycles. The molecule has 0 bridgehead atoms. The van der Waals surface area contributed by atoms with Crippen LogP contribution in [-0.2, 0) is 4.74 Å². The first-order valence-electron chi connectivity index (χ1n) is 8.59. The van der Waals surface area contributed by atoms with E-state index in [9.17, 15) is 0 Å². The van der Waals surface area contributed by atoms with E-state index in [1.807, 2.05) is 0 Å². The molecule has 0 radical (unpaired) electrons. The fourth-order valence-corrected chi connectivity index (χ4v) is 2.61. The van der Waals surface area contributed by atoms with Gasteiger partial charge in [0.25, 0.3) is 0 Å². The Bertz CT molecular complexity index is 207. The third-order valence-electron chi connectivity index (χ3n) is 4.41. The van der Waals surface area contributed by atoms with Crippen molar-refractivity contribution in [3.63, 3.8) is 0 Å². The highest BCUT2D eigenvalue weighted by molar-refractivity contribution is 4.83. The Morgan fingerprint density at radius 2 is 1.35 bits per heavy atom. The predicted octanol–water partition coefficient (Wildman–Crippen LogP) is 4.55. The van der Waals surface area contributed by atoms with Gasteiger partial charge in [0.2, 0.25) is 0 Å². The van der Waals surface area contributed by atoms with E-state index in [0.29, 0.717) is 0 Å². The van der Waals surface area contributed by atoms with Crippen LogP contribution in [-0.4, -0.2) is 18.8 Å². The van der Waals surface area contributed by atoms with Crippen LogP contribution in [0.2, 0.25) is 0 Å². The lowest BCUT2D eigenvalue weighted by atomic mass is 9.93. The van der Waals surface area contributed by atoms with E-state index >= 15 is 0 Å². The van der Waals surface area contributed by atoms with Gasteiger partial charge < -0.3 is 4.74 Å². The van der Waals surface area contributed by atoms with E-state index in [0.717, 1.165) is 6.42 Å². The molecule has 20 heavy (non-hydrogen) atoms. The van der Waals surface area contributed by atoms with Crippen molar-refractivity contribution in [3.8, 4) is 0 Å². The Kier molecular flexibility index (Phi) is 12.5. The highest BCUT2D eigenvalue weighted by atomic mass is 16.5. The maximum Gasteiger partial charge on any atom is 0.0788 e. The zero-order chi connectivity index (χ0) is 15.3. The molecule has 0 aliphatic rings. The fraction of sp³-hybridized carbons (Fsp3) is 1.00. The van der Waals surface area contributed by atoms with Gasteiger partial charge in [-0.15, -0.1) is 0 Å². The molecule has 0 amide bonds. The minimum absolute atomic E-state index is 0.186. The minimum atomic E-state index is -0.186. The number of hydrogen-bond acceptors (Lipinski definition) is 3. The van der Waals surface area contributed by atoms with E-state index < -0.39 is 0 Å². The molecule has 0 saturated carbocycles. The molecule has 0 heterocycles. The third kappa shape index (κ3) is 9.73. The summed E-state index contributed by atoms with van der Waals surface area (Å²) in [5.41, 5.74) is 2.71. The Balaban J connectivity index is 3.43. The van der Waals surface area contributed by atoms with Crippen LogP contribution in [0.25, 0.3) is 0 Å². The van der Waals surface area contributed by atoms with Crippen LogP contribution in [0.1, 0.15) is 91.4 Å². The van der Waals surface area contributed by atoms with Gasteiger partial charge in [-0.1, -0.05) is 71.1 Å². The van der Waals surface area contributed by atoms with E-state index in [-0.39, 0.29) is 11.6 Å². The maximum absolute atomic E-state index is 5.62. The molecule has 122 valence electrons. The standard InChI is InChI=1S/C17H38N2O/c1-5-6-7-8-9-10-11-12-13-14-15-16(19-18)17(2,3)20-4/h16,19H,5-15,18H2,1-4H3. The van der Waals surface area contributed by atoms with Gasteiger partial charge in [-0.05, 0) is 20.3 Å². The van der Waals surface area contributed by atoms with E-state index in [2.05, 4.69) is 26.2 Å². The van der Waals surface area contributed by atoms with Gasteiger partial charge in [0.05, 0.1) is 5.60 Å².